The van der Waals surface area contributed by atoms with Gasteiger partial charge in [-0.3, -0.25) is 9.59 Å². The second kappa shape index (κ2) is 28.0. The van der Waals surface area contributed by atoms with Crippen LogP contribution in [0.4, 0.5) is 0 Å². The van der Waals surface area contributed by atoms with Crippen LogP contribution >= 0.6 is 0 Å². The lowest BCUT2D eigenvalue weighted by Gasteiger charge is -2.09. The van der Waals surface area contributed by atoms with E-state index in [0.29, 0.717) is 61.5 Å². The van der Waals surface area contributed by atoms with Gasteiger partial charge < -0.3 is 18.9 Å². The zero-order valence-corrected chi connectivity index (χ0v) is 30.4. The van der Waals surface area contributed by atoms with Crippen LogP contribution in [0.1, 0.15) is 149 Å². The van der Waals surface area contributed by atoms with Gasteiger partial charge in [0.05, 0.1) is 25.4 Å². The zero-order valence-electron chi connectivity index (χ0n) is 30.4. The highest BCUT2D eigenvalue weighted by atomic mass is 16.6. The van der Waals surface area contributed by atoms with E-state index in [0.717, 1.165) is 32.1 Å². The fourth-order valence-corrected chi connectivity index (χ4v) is 5.52. The van der Waals surface area contributed by atoms with E-state index in [1.54, 1.807) is 43.3 Å². The van der Waals surface area contributed by atoms with Crippen molar-refractivity contribution in [2.24, 2.45) is 0 Å². The van der Waals surface area contributed by atoms with Gasteiger partial charge in [0.1, 0.15) is 6.61 Å². The topological polar surface area (TPSA) is 105 Å². The molecule has 0 heterocycles. The molecule has 0 saturated carbocycles. The van der Waals surface area contributed by atoms with Crippen LogP contribution in [0.5, 0.6) is 0 Å². The number of rotatable bonds is 30. The number of carbonyl (C=O) groups excluding carboxylic acids is 4. The third-order valence-electron chi connectivity index (χ3n) is 8.44. The summed E-state index contributed by atoms with van der Waals surface area (Å²) in [4.78, 5) is 48.6. The van der Waals surface area contributed by atoms with Crippen molar-refractivity contribution in [2.45, 2.75) is 122 Å². The minimum atomic E-state index is -0.435. The summed E-state index contributed by atoms with van der Waals surface area (Å²) in [7, 11) is 0. The predicted octanol–water partition coefficient (Wildman–Crippen LogP) is 9.78. The molecule has 0 unspecified atom stereocenters. The van der Waals surface area contributed by atoms with E-state index in [1.165, 1.54) is 70.6 Å². The van der Waals surface area contributed by atoms with E-state index in [-0.39, 0.29) is 18.4 Å². The molecule has 0 amide bonds. The lowest BCUT2D eigenvalue weighted by Crippen LogP contribution is -2.13. The van der Waals surface area contributed by atoms with Crippen LogP contribution in [0.2, 0.25) is 0 Å². The Morgan fingerprint density at radius 1 is 0.500 bits per heavy atom. The first-order valence-electron chi connectivity index (χ1n) is 18.8. The van der Waals surface area contributed by atoms with Crippen molar-refractivity contribution >= 4 is 23.7 Å². The monoisotopic (exact) mass is 692 g/mol. The Balaban J connectivity index is 1.30. The number of benzene rings is 2. The average molecular weight is 693 g/mol. The third-order valence-corrected chi connectivity index (χ3v) is 8.44. The van der Waals surface area contributed by atoms with Gasteiger partial charge in [0.25, 0.3) is 0 Å². The Kier molecular flexibility index (Phi) is 23.7. The molecule has 0 aromatic heterocycles. The molecule has 8 nitrogen and oxygen atoms in total. The average Bonchev–Trinajstić information content (AvgIpc) is 3.13. The lowest BCUT2D eigenvalue weighted by atomic mass is 9.98. The molecule has 0 fully saturated rings. The third kappa shape index (κ3) is 20.0. The van der Waals surface area contributed by atoms with Crippen molar-refractivity contribution in [1.82, 2.24) is 0 Å². The first kappa shape index (κ1) is 42.4. The molecule has 0 N–H and O–H groups in total. The van der Waals surface area contributed by atoms with Crippen LogP contribution in [0, 0.1) is 0 Å². The molecule has 0 aliphatic rings. The normalized spacial score (nSPS) is 10.8. The van der Waals surface area contributed by atoms with E-state index >= 15 is 0 Å². The number of hydrogen-bond donors (Lipinski definition) is 0. The van der Waals surface area contributed by atoms with E-state index in [2.05, 4.69) is 6.58 Å². The molecule has 50 heavy (non-hydrogen) atoms. The summed E-state index contributed by atoms with van der Waals surface area (Å²) in [5, 5.41) is 0. The summed E-state index contributed by atoms with van der Waals surface area (Å²) in [6.07, 6.45) is 20.0. The van der Waals surface area contributed by atoms with Crippen LogP contribution < -0.4 is 0 Å². The van der Waals surface area contributed by atoms with Crippen LogP contribution in [-0.2, 0) is 28.5 Å². The maximum Gasteiger partial charge on any atom is 0.338 e. The highest BCUT2D eigenvalue weighted by Crippen LogP contribution is 2.17. The Morgan fingerprint density at radius 2 is 0.980 bits per heavy atom. The van der Waals surface area contributed by atoms with Crippen molar-refractivity contribution in [3.8, 4) is 0 Å². The molecule has 0 radical (unpaired) electrons. The van der Waals surface area contributed by atoms with Crippen molar-refractivity contribution in [1.29, 1.82) is 0 Å². The number of esters is 3. The maximum atomic E-state index is 12.9. The van der Waals surface area contributed by atoms with E-state index in [1.807, 2.05) is 18.2 Å². The first-order valence-corrected chi connectivity index (χ1v) is 18.8. The number of ketones is 1. The predicted molar refractivity (Wildman–Crippen MR) is 197 cm³/mol. The van der Waals surface area contributed by atoms with Crippen molar-refractivity contribution in [3.05, 3.63) is 83.4 Å². The van der Waals surface area contributed by atoms with Crippen LogP contribution in [0.3, 0.4) is 0 Å². The molecule has 0 saturated heterocycles. The SMILES string of the molecule is C=C(C)C(=O)OCCOCCCC(=O)OCCCCCCCCCCCCCCCCCCOC(=O)c1ccccc1C(=O)c1ccccc1. The molecular formula is C42H60O8. The smallest absolute Gasteiger partial charge is 0.338 e. The van der Waals surface area contributed by atoms with E-state index in [4.69, 9.17) is 18.9 Å². The second-order valence-electron chi connectivity index (χ2n) is 12.9. The molecule has 0 spiro atoms. The zero-order chi connectivity index (χ0) is 36.1. The summed E-state index contributed by atoms with van der Waals surface area (Å²) in [6, 6.07) is 15.9. The number of hydrogen-bond acceptors (Lipinski definition) is 8. The Labute approximate surface area is 300 Å². The van der Waals surface area contributed by atoms with Gasteiger partial charge in [0, 0.05) is 29.7 Å². The van der Waals surface area contributed by atoms with Gasteiger partial charge in [-0.15, -0.1) is 0 Å². The van der Waals surface area contributed by atoms with E-state index in [9.17, 15) is 19.2 Å². The van der Waals surface area contributed by atoms with Gasteiger partial charge >= 0.3 is 17.9 Å². The Morgan fingerprint density at radius 3 is 1.52 bits per heavy atom. The molecule has 8 heteroatoms. The summed E-state index contributed by atoms with van der Waals surface area (Å²) >= 11 is 0. The van der Waals surface area contributed by atoms with Crippen molar-refractivity contribution < 1.29 is 38.1 Å². The van der Waals surface area contributed by atoms with Crippen LogP contribution in [0.25, 0.3) is 0 Å². The minimum Gasteiger partial charge on any atom is -0.466 e. The number of unbranched alkanes of at least 4 members (excludes halogenated alkanes) is 15. The molecular weight excluding hydrogens is 632 g/mol. The molecule has 0 aliphatic heterocycles. The van der Waals surface area contributed by atoms with E-state index < -0.39 is 11.9 Å². The van der Waals surface area contributed by atoms with Gasteiger partial charge in [-0.2, -0.15) is 0 Å². The van der Waals surface area contributed by atoms with Gasteiger partial charge in [-0.1, -0.05) is 145 Å². The Hall–Kier alpha value is -3.78. The molecule has 0 aliphatic carbocycles. The standard InChI is InChI=1S/C42H60O8/c1-35(2)41(45)50-34-33-47-30-24-29-39(43)48-31-22-15-13-11-9-7-5-3-4-6-8-10-12-14-16-23-32-49-42(46)38-28-21-20-27-37(38)40(44)36-25-18-17-19-26-36/h17-21,25-28H,1,3-16,22-24,29-34H2,2H3. The lowest BCUT2D eigenvalue weighted by molar-refractivity contribution is -0.144. The first-order chi connectivity index (χ1) is 24.4. The molecule has 276 valence electrons. The maximum absolute atomic E-state index is 12.9. The highest BCUT2D eigenvalue weighted by Gasteiger charge is 2.18. The van der Waals surface area contributed by atoms with Crippen molar-refractivity contribution in [2.75, 3.05) is 33.0 Å². The number of carbonyl (C=O) groups is 4. The second-order valence-corrected chi connectivity index (χ2v) is 12.9. The van der Waals surface area contributed by atoms with Crippen molar-refractivity contribution in [3.63, 3.8) is 0 Å². The van der Waals surface area contributed by atoms with Crippen LogP contribution in [-0.4, -0.2) is 56.7 Å². The number of ether oxygens (including phenoxy) is 4. The van der Waals surface area contributed by atoms with Gasteiger partial charge in [0.2, 0.25) is 0 Å². The van der Waals surface area contributed by atoms with Crippen LogP contribution in [0.15, 0.2) is 66.7 Å². The largest absolute Gasteiger partial charge is 0.466 e. The van der Waals surface area contributed by atoms with Gasteiger partial charge in [-0.05, 0) is 32.3 Å². The highest BCUT2D eigenvalue weighted by molar-refractivity contribution is 6.14. The molecule has 0 atom stereocenters. The van der Waals surface area contributed by atoms with Gasteiger partial charge in [-0.25, -0.2) is 9.59 Å². The molecule has 2 aromatic rings. The summed E-state index contributed by atoms with van der Waals surface area (Å²) in [6.45, 7) is 6.90. The summed E-state index contributed by atoms with van der Waals surface area (Å²) in [5.74, 6) is -1.21. The fraction of sp³-hybridized carbons (Fsp3) is 0.571. The molecule has 0 bridgehead atoms. The summed E-state index contributed by atoms with van der Waals surface area (Å²) in [5.41, 5.74) is 1.62. The molecule has 2 rings (SSSR count). The van der Waals surface area contributed by atoms with Gasteiger partial charge in [0.15, 0.2) is 5.78 Å². The molecule has 2 aromatic carbocycles. The fourth-order valence-electron chi connectivity index (χ4n) is 5.52. The summed E-state index contributed by atoms with van der Waals surface area (Å²) < 4.78 is 21.1. The Bertz CT molecular complexity index is 1260. The minimum absolute atomic E-state index is 0.171. The quantitative estimate of drug-likeness (QED) is 0.0262.